The van der Waals surface area contributed by atoms with Gasteiger partial charge in [-0.2, -0.15) is 0 Å². The Labute approximate surface area is 129 Å². The van der Waals surface area contributed by atoms with Crippen molar-refractivity contribution in [3.63, 3.8) is 0 Å². The fraction of sp³-hybridized carbons (Fsp3) is 0.600. The molecule has 1 aliphatic rings. The highest BCUT2D eigenvalue weighted by molar-refractivity contribution is 7.16. The van der Waals surface area contributed by atoms with Gasteiger partial charge in [-0.25, -0.2) is 9.59 Å². The molecule has 2 rings (SSSR count). The second-order valence-electron chi connectivity index (χ2n) is 5.89. The first-order valence-electron chi connectivity index (χ1n) is 7.22. The lowest BCUT2D eigenvalue weighted by Gasteiger charge is -2.36. The minimum absolute atomic E-state index is 0.184. The molecule has 1 aromatic heterocycles. The standard InChI is InChI=1S/C15H22N2O3S/c1-8-5-6-17(9(2)7-8)15(20)16-13-12(14(18)19)10(3)11(4)21-13/h8-9H,5-7H2,1-4H3,(H,16,20)(H,18,19). The van der Waals surface area contributed by atoms with Gasteiger partial charge in [-0.1, -0.05) is 6.92 Å². The third kappa shape index (κ3) is 3.20. The first kappa shape index (κ1) is 15.8. The Morgan fingerprint density at radius 1 is 1.33 bits per heavy atom. The van der Waals surface area contributed by atoms with E-state index in [2.05, 4.69) is 12.2 Å². The molecule has 2 unspecified atom stereocenters. The number of rotatable bonds is 2. The van der Waals surface area contributed by atoms with Gasteiger partial charge in [0.15, 0.2) is 0 Å². The number of carbonyl (C=O) groups excluding carboxylic acids is 1. The summed E-state index contributed by atoms with van der Waals surface area (Å²) < 4.78 is 0. The van der Waals surface area contributed by atoms with Crippen molar-refractivity contribution in [2.24, 2.45) is 5.92 Å². The number of aromatic carboxylic acids is 1. The Bertz CT molecular complexity index is 568. The van der Waals surface area contributed by atoms with Crippen molar-refractivity contribution in [3.8, 4) is 0 Å². The monoisotopic (exact) mass is 310 g/mol. The normalized spacial score (nSPS) is 22.2. The molecule has 0 saturated carbocycles. The topological polar surface area (TPSA) is 69.6 Å². The maximum absolute atomic E-state index is 12.4. The maximum Gasteiger partial charge on any atom is 0.338 e. The lowest BCUT2D eigenvalue weighted by molar-refractivity contribution is 0.0697. The molecule has 2 N–H and O–H groups in total. The van der Waals surface area contributed by atoms with Crippen LogP contribution in [0, 0.1) is 19.8 Å². The van der Waals surface area contributed by atoms with E-state index in [-0.39, 0.29) is 17.6 Å². The van der Waals surface area contributed by atoms with Gasteiger partial charge in [0.25, 0.3) is 0 Å². The van der Waals surface area contributed by atoms with E-state index in [0.717, 1.165) is 29.8 Å². The lowest BCUT2D eigenvalue weighted by atomic mass is 9.94. The molecule has 6 heteroatoms. The van der Waals surface area contributed by atoms with E-state index in [9.17, 15) is 14.7 Å². The average molecular weight is 310 g/mol. The smallest absolute Gasteiger partial charge is 0.338 e. The van der Waals surface area contributed by atoms with Gasteiger partial charge in [0.2, 0.25) is 0 Å². The molecule has 21 heavy (non-hydrogen) atoms. The van der Waals surface area contributed by atoms with Gasteiger partial charge < -0.3 is 10.0 Å². The van der Waals surface area contributed by atoms with Crippen LogP contribution in [-0.4, -0.2) is 34.6 Å². The number of nitrogens with one attached hydrogen (secondary N) is 1. The molecule has 0 bridgehead atoms. The van der Waals surface area contributed by atoms with Crippen LogP contribution >= 0.6 is 11.3 Å². The van der Waals surface area contributed by atoms with Crippen LogP contribution in [0.15, 0.2) is 0 Å². The molecule has 1 aliphatic heterocycles. The highest BCUT2D eigenvalue weighted by Gasteiger charge is 2.28. The molecule has 1 fully saturated rings. The number of carbonyl (C=O) groups is 2. The molecule has 116 valence electrons. The van der Waals surface area contributed by atoms with Crippen LogP contribution in [0.1, 0.15) is 47.5 Å². The largest absolute Gasteiger partial charge is 0.478 e. The lowest BCUT2D eigenvalue weighted by Crippen LogP contribution is -2.46. The highest BCUT2D eigenvalue weighted by Crippen LogP contribution is 2.33. The van der Waals surface area contributed by atoms with Gasteiger partial charge >= 0.3 is 12.0 Å². The summed E-state index contributed by atoms with van der Waals surface area (Å²) in [6.45, 7) is 8.60. The van der Waals surface area contributed by atoms with Crippen LogP contribution in [0.25, 0.3) is 0 Å². The molecule has 2 atom stereocenters. The van der Waals surface area contributed by atoms with Crippen LogP contribution in [0.4, 0.5) is 9.80 Å². The van der Waals surface area contributed by atoms with Crippen LogP contribution in [0.2, 0.25) is 0 Å². The average Bonchev–Trinajstić information content (AvgIpc) is 2.64. The van der Waals surface area contributed by atoms with Crippen molar-refractivity contribution in [2.45, 2.75) is 46.6 Å². The molecule has 1 aromatic rings. The minimum atomic E-state index is -0.993. The summed E-state index contributed by atoms with van der Waals surface area (Å²) in [5.41, 5.74) is 0.937. The second kappa shape index (κ2) is 6.05. The van der Waals surface area contributed by atoms with E-state index in [1.54, 1.807) is 11.8 Å². The van der Waals surface area contributed by atoms with Crippen LogP contribution in [0.3, 0.4) is 0 Å². The molecule has 0 spiro atoms. The first-order valence-corrected chi connectivity index (χ1v) is 8.03. The molecular weight excluding hydrogens is 288 g/mol. The zero-order valence-electron chi connectivity index (χ0n) is 12.9. The number of urea groups is 1. The summed E-state index contributed by atoms with van der Waals surface area (Å²) >= 11 is 1.32. The summed E-state index contributed by atoms with van der Waals surface area (Å²) in [6.07, 6.45) is 1.98. The molecular formula is C15H22N2O3S. The van der Waals surface area contributed by atoms with Gasteiger partial charge in [0, 0.05) is 17.5 Å². The van der Waals surface area contributed by atoms with Crippen LogP contribution in [-0.2, 0) is 0 Å². The number of aryl methyl sites for hydroxylation is 1. The summed E-state index contributed by atoms with van der Waals surface area (Å²) in [5, 5.41) is 12.5. The summed E-state index contributed by atoms with van der Waals surface area (Å²) in [7, 11) is 0. The Kier molecular flexibility index (Phi) is 4.56. The number of hydrogen-bond donors (Lipinski definition) is 2. The SMILES string of the molecule is Cc1sc(NC(=O)N2CCC(C)CC2C)c(C(=O)O)c1C. The van der Waals surface area contributed by atoms with Crippen molar-refractivity contribution in [2.75, 3.05) is 11.9 Å². The number of nitrogens with zero attached hydrogens (tertiary/aromatic N) is 1. The molecule has 1 saturated heterocycles. The summed E-state index contributed by atoms with van der Waals surface area (Å²) in [6, 6.07) is -0.0117. The Morgan fingerprint density at radius 3 is 2.57 bits per heavy atom. The van der Waals surface area contributed by atoms with Gasteiger partial charge in [-0.3, -0.25) is 5.32 Å². The number of amides is 2. The Balaban J connectivity index is 2.17. The fourth-order valence-electron chi connectivity index (χ4n) is 2.85. The predicted molar refractivity (Wildman–Crippen MR) is 84.3 cm³/mol. The molecule has 0 aromatic carbocycles. The number of thiophene rings is 1. The van der Waals surface area contributed by atoms with Crippen molar-refractivity contribution >= 4 is 28.3 Å². The second-order valence-corrected chi connectivity index (χ2v) is 7.12. The summed E-state index contributed by atoms with van der Waals surface area (Å²) in [5.74, 6) is -0.364. The van der Waals surface area contributed by atoms with Gasteiger partial charge in [0.05, 0.1) is 5.56 Å². The molecule has 0 radical (unpaired) electrons. The number of likely N-dealkylation sites (tertiary alicyclic amines) is 1. The van der Waals surface area contributed by atoms with E-state index in [4.69, 9.17) is 0 Å². The van der Waals surface area contributed by atoms with E-state index in [1.807, 2.05) is 13.8 Å². The minimum Gasteiger partial charge on any atom is -0.478 e. The number of anilines is 1. The molecule has 5 nitrogen and oxygen atoms in total. The van der Waals surface area contributed by atoms with Crippen molar-refractivity contribution in [1.82, 2.24) is 4.90 Å². The van der Waals surface area contributed by atoms with Crippen LogP contribution < -0.4 is 5.32 Å². The number of carboxylic acid groups (broad SMARTS) is 1. The maximum atomic E-state index is 12.4. The first-order chi connectivity index (χ1) is 9.81. The Morgan fingerprint density at radius 2 is 2.00 bits per heavy atom. The van der Waals surface area contributed by atoms with E-state index >= 15 is 0 Å². The van der Waals surface area contributed by atoms with Gasteiger partial charge in [-0.05, 0) is 45.1 Å². The van der Waals surface area contributed by atoms with E-state index in [0.29, 0.717) is 10.9 Å². The molecule has 2 amide bonds. The van der Waals surface area contributed by atoms with Gasteiger partial charge in [-0.15, -0.1) is 11.3 Å². The molecule has 0 aliphatic carbocycles. The van der Waals surface area contributed by atoms with E-state index < -0.39 is 5.97 Å². The predicted octanol–water partition coefficient (Wildman–Crippen LogP) is 3.72. The number of carboxylic acids is 1. The fourth-order valence-corrected chi connectivity index (χ4v) is 3.89. The van der Waals surface area contributed by atoms with Crippen molar-refractivity contribution in [3.05, 3.63) is 16.0 Å². The number of hydrogen-bond acceptors (Lipinski definition) is 3. The third-order valence-electron chi connectivity index (χ3n) is 4.22. The van der Waals surface area contributed by atoms with Crippen LogP contribution in [0.5, 0.6) is 0 Å². The van der Waals surface area contributed by atoms with Gasteiger partial charge in [0.1, 0.15) is 5.00 Å². The van der Waals surface area contributed by atoms with Crippen molar-refractivity contribution in [1.29, 1.82) is 0 Å². The summed E-state index contributed by atoms with van der Waals surface area (Å²) in [4.78, 5) is 26.5. The zero-order valence-corrected chi connectivity index (χ0v) is 13.7. The highest BCUT2D eigenvalue weighted by atomic mass is 32.1. The Hall–Kier alpha value is -1.56. The quantitative estimate of drug-likeness (QED) is 0.874. The van der Waals surface area contributed by atoms with Crippen molar-refractivity contribution < 1.29 is 14.7 Å². The van der Waals surface area contributed by atoms with E-state index in [1.165, 1.54) is 11.3 Å². The number of piperidine rings is 1. The third-order valence-corrected chi connectivity index (χ3v) is 5.34. The zero-order chi connectivity index (χ0) is 15.7. The molecule has 2 heterocycles.